The van der Waals surface area contributed by atoms with Crippen molar-refractivity contribution in [3.63, 3.8) is 0 Å². The van der Waals surface area contributed by atoms with Crippen LogP contribution in [0.3, 0.4) is 0 Å². The third-order valence-corrected chi connectivity index (χ3v) is 3.23. The first-order valence-corrected chi connectivity index (χ1v) is 6.43. The van der Waals surface area contributed by atoms with E-state index in [1.54, 1.807) is 30.5 Å². The Bertz CT molecular complexity index is 866. The van der Waals surface area contributed by atoms with Gasteiger partial charge in [0.1, 0.15) is 11.3 Å². The Labute approximate surface area is 119 Å². The van der Waals surface area contributed by atoms with E-state index in [1.165, 1.54) is 27.5 Å². The topological polar surface area (TPSA) is 56.4 Å². The van der Waals surface area contributed by atoms with Gasteiger partial charge in [-0.3, -0.25) is 9.59 Å². The minimum Gasteiger partial charge on any atom is -0.305 e. The molecule has 1 aromatic carbocycles. The first-order chi connectivity index (χ1) is 10.1. The fraction of sp³-hybridized carbons (Fsp3) is 0.133. The van der Waals surface area contributed by atoms with Crippen LogP contribution in [0, 0.1) is 5.82 Å². The fourth-order valence-corrected chi connectivity index (χ4v) is 2.19. The van der Waals surface area contributed by atoms with E-state index >= 15 is 0 Å². The highest BCUT2D eigenvalue weighted by molar-refractivity contribution is 5.80. The van der Waals surface area contributed by atoms with Crippen LogP contribution in [0.5, 0.6) is 0 Å². The van der Waals surface area contributed by atoms with Crippen LogP contribution in [0.15, 0.2) is 53.7 Å². The van der Waals surface area contributed by atoms with Gasteiger partial charge in [-0.25, -0.2) is 8.91 Å². The Balaban J connectivity index is 1.82. The van der Waals surface area contributed by atoms with Gasteiger partial charge >= 0.3 is 0 Å². The molecule has 0 aliphatic carbocycles. The lowest BCUT2D eigenvalue weighted by Gasteiger charge is -2.06. The lowest BCUT2D eigenvalue weighted by Crippen LogP contribution is -2.26. The summed E-state index contributed by atoms with van der Waals surface area (Å²) in [6.45, 7) is -0.0884. The summed E-state index contributed by atoms with van der Waals surface area (Å²) in [5.41, 5.74) is 0.439. The second-order valence-electron chi connectivity index (χ2n) is 4.70. The second kappa shape index (κ2) is 5.32. The summed E-state index contributed by atoms with van der Waals surface area (Å²) in [5, 5.41) is 3.95. The smallest absolute Gasteiger partial charge is 0.276 e. The third-order valence-electron chi connectivity index (χ3n) is 3.23. The largest absolute Gasteiger partial charge is 0.305 e. The molecule has 0 radical (unpaired) electrons. The number of carbonyl (C=O) groups is 1. The number of ketones is 1. The van der Waals surface area contributed by atoms with E-state index in [1.807, 2.05) is 0 Å². The first kappa shape index (κ1) is 13.2. The molecule has 0 aliphatic heterocycles. The lowest BCUT2D eigenvalue weighted by molar-refractivity contribution is -0.119. The summed E-state index contributed by atoms with van der Waals surface area (Å²) in [7, 11) is 0. The van der Waals surface area contributed by atoms with Gasteiger partial charge in [0, 0.05) is 18.8 Å². The number of halogens is 1. The molecular weight excluding hydrogens is 273 g/mol. The Morgan fingerprint density at radius 1 is 1.19 bits per heavy atom. The van der Waals surface area contributed by atoms with E-state index in [-0.39, 0.29) is 24.3 Å². The number of hydrogen-bond donors (Lipinski definition) is 0. The van der Waals surface area contributed by atoms with E-state index in [0.29, 0.717) is 11.1 Å². The van der Waals surface area contributed by atoms with Crippen molar-refractivity contribution in [3.05, 3.63) is 70.7 Å². The molecule has 2 aromatic heterocycles. The molecule has 3 aromatic rings. The second-order valence-corrected chi connectivity index (χ2v) is 4.70. The highest BCUT2D eigenvalue weighted by atomic mass is 19.1. The van der Waals surface area contributed by atoms with Crippen LogP contribution in [-0.2, 0) is 17.8 Å². The molecule has 106 valence electrons. The minimum atomic E-state index is -0.413. The molecule has 0 bridgehead atoms. The molecule has 0 amide bonds. The van der Waals surface area contributed by atoms with E-state index in [4.69, 9.17) is 0 Å². The highest BCUT2D eigenvalue weighted by Gasteiger charge is 2.10. The van der Waals surface area contributed by atoms with Crippen LogP contribution in [0.4, 0.5) is 4.39 Å². The van der Waals surface area contributed by atoms with Crippen LogP contribution >= 0.6 is 0 Å². The van der Waals surface area contributed by atoms with E-state index < -0.39 is 5.82 Å². The molecule has 5 nitrogen and oxygen atoms in total. The Morgan fingerprint density at radius 2 is 2.00 bits per heavy atom. The van der Waals surface area contributed by atoms with Crippen LogP contribution in [0.25, 0.3) is 5.52 Å². The molecule has 3 rings (SSSR count). The van der Waals surface area contributed by atoms with E-state index in [0.717, 1.165) is 0 Å². The minimum absolute atomic E-state index is 0.0381. The molecule has 0 fully saturated rings. The van der Waals surface area contributed by atoms with Crippen molar-refractivity contribution in [1.82, 2.24) is 14.2 Å². The summed E-state index contributed by atoms with van der Waals surface area (Å²) in [6.07, 6.45) is 4.58. The van der Waals surface area contributed by atoms with Gasteiger partial charge in [-0.2, -0.15) is 5.10 Å². The molecule has 6 heteroatoms. The average molecular weight is 285 g/mol. The van der Waals surface area contributed by atoms with Crippen molar-refractivity contribution in [2.24, 2.45) is 0 Å². The summed E-state index contributed by atoms with van der Waals surface area (Å²) in [6, 6.07) is 7.71. The van der Waals surface area contributed by atoms with Gasteiger partial charge in [0.25, 0.3) is 5.56 Å². The predicted octanol–water partition coefficient (Wildman–Crippen LogP) is 1.45. The average Bonchev–Trinajstić information content (AvgIpc) is 2.94. The maximum atomic E-state index is 13.5. The predicted molar refractivity (Wildman–Crippen MR) is 74.6 cm³/mol. The zero-order valence-corrected chi connectivity index (χ0v) is 11.1. The number of rotatable bonds is 4. The first-order valence-electron chi connectivity index (χ1n) is 6.43. The van der Waals surface area contributed by atoms with Crippen LogP contribution in [0.1, 0.15) is 5.56 Å². The van der Waals surface area contributed by atoms with Gasteiger partial charge in [0.05, 0.1) is 12.7 Å². The van der Waals surface area contributed by atoms with Gasteiger partial charge in [0.15, 0.2) is 5.78 Å². The molecule has 0 N–H and O–H groups in total. The molecule has 0 saturated heterocycles. The SMILES string of the molecule is O=C(Cc1ccccc1F)Cn1ccn2nccc2c1=O. The summed E-state index contributed by atoms with van der Waals surface area (Å²) < 4.78 is 16.3. The van der Waals surface area contributed by atoms with Crippen LogP contribution in [0.2, 0.25) is 0 Å². The molecular formula is C15H12FN3O2. The number of benzene rings is 1. The van der Waals surface area contributed by atoms with Crippen molar-refractivity contribution in [3.8, 4) is 0 Å². The van der Waals surface area contributed by atoms with Crippen molar-refractivity contribution in [1.29, 1.82) is 0 Å². The number of nitrogens with zero attached hydrogens (tertiary/aromatic N) is 3. The van der Waals surface area contributed by atoms with Gasteiger partial charge in [-0.05, 0) is 17.7 Å². The van der Waals surface area contributed by atoms with Crippen molar-refractivity contribution in [2.45, 2.75) is 13.0 Å². The maximum absolute atomic E-state index is 13.5. The van der Waals surface area contributed by atoms with Crippen LogP contribution < -0.4 is 5.56 Å². The van der Waals surface area contributed by atoms with Gasteiger partial charge < -0.3 is 4.57 Å². The highest BCUT2D eigenvalue weighted by Crippen LogP contribution is 2.07. The molecule has 21 heavy (non-hydrogen) atoms. The molecule has 0 saturated carbocycles. The Hall–Kier alpha value is -2.76. The number of Topliss-reactive ketones (excluding diaryl/α,β-unsaturated/α-hetero) is 1. The summed E-state index contributed by atoms with van der Waals surface area (Å²) >= 11 is 0. The zero-order valence-electron chi connectivity index (χ0n) is 11.1. The standard InChI is InChI=1S/C15H12FN3O2/c16-13-4-2-1-3-11(13)9-12(20)10-18-7-8-19-14(15(18)21)5-6-17-19/h1-8H,9-10H2. The monoisotopic (exact) mass is 285 g/mol. The lowest BCUT2D eigenvalue weighted by atomic mass is 10.1. The summed E-state index contributed by atoms with van der Waals surface area (Å²) in [5.74, 6) is -0.643. The molecule has 0 unspecified atom stereocenters. The van der Waals surface area contributed by atoms with Crippen molar-refractivity contribution in [2.75, 3.05) is 0 Å². The van der Waals surface area contributed by atoms with Gasteiger partial charge in [-0.15, -0.1) is 0 Å². The van der Waals surface area contributed by atoms with Crippen molar-refractivity contribution < 1.29 is 9.18 Å². The fourth-order valence-electron chi connectivity index (χ4n) is 2.19. The Kier molecular flexibility index (Phi) is 3.35. The number of hydrogen-bond acceptors (Lipinski definition) is 3. The van der Waals surface area contributed by atoms with Gasteiger partial charge in [-0.1, -0.05) is 18.2 Å². The maximum Gasteiger partial charge on any atom is 0.276 e. The number of aromatic nitrogens is 3. The van der Waals surface area contributed by atoms with Crippen molar-refractivity contribution >= 4 is 11.3 Å². The number of fused-ring (bicyclic) bond motifs is 1. The molecule has 2 heterocycles. The summed E-state index contributed by atoms with van der Waals surface area (Å²) in [4.78, 5) is 24.1. The Morgan fingerprint density at radius 3 is 2.81 bits per heavy atom. The van der Waals surface area contributed by atoms with Crippen LogP contribution in [-0.4, -0.2) is 20.0 Å². The van der Waals surface area contributed by atoms with Gasteiger partial charge in [0.2, 0.25) is 0 Å². The molecule has 0 atom stereocenters. The molecule has 0 aliphatic rings. The molecule has 0 spiro atoms. The quantitative estimate of drug-likeness (QED) is 0.729. The van der Waals surface area contributed by atoms with E-state index in [2.05, 4.69) is 5.10 Å². The normalized spacial score (nSPS) is 10.9. The zero-order chi connectivity index (χ0) is 14.8. The number of carbonyl (C=O) groups excluding carboxylic acids is 1. The van der Waals surface area contributed by atoms with E-state index in [9.17, 15) is 14.0 Å². The third kappa shape index (κ3) is 2.60.